The molecular formula is C12H15ClN2. The highest BCUT2D eigenvalue weighted by atomic mass is 35.5. The third kappa shape index (κ3) is 2.52. The first-order valence-corrected chi connectivity index (χ1v) is 5.55. The van der Waals surface area contributed by atoms with Crippen molar-refractivity contribution in [1.82, 2.24) is 4.98 Å². The number of H-pyrrole nitrogens is 1. The van der Waals surface area contributed by atoms with Crippen LogP contribution in [0.15, 0.2) is 24.3 Å². The van der Waals surface area contributed by atoms with E-state index in [1.165, 1.54) is 11.1 Å². The minimum Gasteiger partial charge on any atom is -0.358 e. The zero-order valence-electron chi connectivity index (χ0n) is 8.76. The lowest BCUT2D eigenvalue weighted by atomic mass is 10.1. The molecular weight excluding hydrogens is 208 g/mol. The van der Waals surface area contributed by atoms with Crippen LogP contribution >= 0.6 is 11.6 Å². The Balaban J connectivity index is 2.23. The van der Waals surface area contributed by atoms with E-state index in [4.69, 9.17) is 17.3 Å². The Morgan fingerprint density at radius 3 is 2.93 bits per heavy atom. The standard InChI is InChI=1S/C12H15ClN2/c1-8(14)2-4-11-7-9-6-10(13)3-5-12(9)15-11/h3,5-8,15H,2,4,14H2,1H3/t8-/m1/s1. The number of nitrogens with two attached hydrogens (primary N) is 1. The van der Waals surface area contributed by atoms with Gasteiger partial charge in [0, 0.05) is 27.7 Å². The van der Waals surface area contributed by atoms with Crippen LogP contribution in [-0.4, -0.2) is 11.0 Å². The molecule has 1 aromatic carbocycles. The van der Waals surface area contributed by atoms with Crippen molar-refractivity contribution in [3.8, 4) is 0 Å². The van der Waals surface area contributed by atoms with Crippen molar-refractivity contribution in [3.63, 3.8) is 0 Å². The number of rotatable bonds is 3. The molecule has 1 aromatic heterocycles. The van der Waals surface area contributed by atoms with Crippen molar-refractivity contribution in [3.05, 3.63) is 35.0 Å². The zero-order valence-corrected chi connectivity index (χ0v) is 9.51. The second kappa shape index (κ2) is 4.25. The van der Waals surface area contributed by atoms with Crippen LogP contribution in [0.4, 0.5) is 0 Å². The number of aryl methyl sites for hydroxylation is 1. The van der Waals surface area contributed by atoms with Crippen molar-refractivity contribution >= 4 is 22.5 Å². The van der Waals surface area contributed by atoms with Crippen molar-refractivity contribution < 1.29 is 0 Å². The normalized spacial score (nSPS) is 13.3. The second-order valence-electron chi connectivity index (χ2n) is 4.04. The summed E-state index contributed by atoms with van der Waals surface area (Å²) < 4.78 is 0. The molecule has 1 atom stereocenters. The highest BCUT2D eigenvalue weighted by molar-refractivity contribution is 6.31. The molecule has 0 aliphatic rings. The predicted molar refractivity (Wildman–Crippen MR) is 65.3 cm³/mol. The fraction of sp³-hybridized carbons (Fsp3) is 0.333. The molecule has 80 valence electrons. The summed E-state index contributed by atoms with van der Waals surface area (Å²) in [5.74, 6) is 0. The molecule has 2 nitrogen and oxygen atoms in total. The smallest absolute Gasteiger partial charge is 0.0457 e. The van der Waals surface area contributed by atoms with E-state index < -0.39 is 0 Å². The van der Waals surface area contributed by atoms with Gasteiger partial charge in [0.2, 0.25) is 0 Å². The number of nitrogens with one attached hydrogen (secondary N) is 1. The first-order chi connectivity index (χ1) is 7.15. The summed E-state index contributed by atoms with van der Waals surface area (Å²) in [5.41, 5.74) is 8.09. The molecule has 0 saturated carbocycles. The summed E-state index contributed by atoms with van der Waals surface area (Å²) in [5, 5.41) is 1.95. The average molecular weight is 223 g/mol. The minimum absolute atomic E-state index is 0.250. The van der Waals surface area contributed by atoms with Gasteiger partial charge in [-0.1, -0.05) is 11.6 Å². The Labute approximate surface area is 94.4 Å². The van der Waals surface area contributed by atoms with E-state index in [1.54, 1.807) is 0 Å². The number of hydrogen-bond donors (Lipinski definition) is 2. The van der Waals surface area contributed by atoms with E-state index >= 15 is 0 Å². The van der Waals surface area contributed by atoms with E-state index in [0.717, 1.165) is 23.4 Å². The fourth-order valence-corrected chi connectivity index (χ4v) is 1.86. The van der Waals surface area contributed by atoms with Crippen LogP contribution < -0.4 is 5.73 Å². The largest absolute Gasteiger partial charge is 0.358 e. The molecule has 3 heteroatoms. The van der Waals surface area contributed by atoms with Crippen LogP contribution in [-0.2, 0) is 6.42 Å². The summed E-state index contributed by atoms with van der Waals surface area (Å²) in [6, 6.07) is 8.27. The third-order valence-electron chi connectivity index (χ3n) is 2.51. The highest BCUT2D eigenvalue weighted by Gasteiger charge is 2.02. The van der Waals surface area contributed by atoms with Crippen molar-refractivity contribution in [1.29, 1.82) is 0 Å². The number of aromatic amines is 1. The van der Waals surface area contributed by atoms with E-state index in [0.29, 0.717) is 0 Å². The molecule has 2 rings (SSSR count). The fourth-order valence-electron chi connectivity index (χ4n) is 1.68. The van der Waals surface area contributed by atoms with Gasteiger partial charge in [0.05, 0.1) is 0 Å². The minimum atomic E-state index is 0.250. The Morgan fingerprint density at radius 2 is 2.20 bits per heavy atom. The Morgan fingerprint density at radius 1 is 1.40 bits per heavy atom. The Kier molecular flexibility index (Phi) is 2.98. The van der Waals surface area contributed by atoms with Crippen LogP contribution in [0.3, 0.4) is 0 Å². The van der Waals surface area contributed by atoms with Crippen LogP contribution in [0.2, 0.25) is 5.02 Å². The van der Waals surface area contributed by atoms with E-state index in [2.05, 4.69) is 11.1 Å². The van der Waals surface area contributed by atoms with Crippen molar-refractivity contribution in [2.45, 2.75) is 25.8 Å². The molecule has 0 fully saturated rings. The summed E-state index contributed by atoms with van der Waals surface area (Å²) in [4.78, 5) is 3.36. The predicted octanol–water partition coefficient (Wildman–Crippen LogP) is 3.10. The number of halogens is 1. The maximum Gasteiger partial charge on any atom is 0.0457 e. The van der Waals surface area contributed by atoms with Crippen molar-refractivity contribution in [2.24, 2.45) is 5.73 Å². The van der Waals surface area contributed by atoms with Gasteiger partial charge in [0.25, 0.3) is 0 Å². The van der Waals surface area contributed by atoms with E-state index in [9.17, 15) is 0 Å². The van der Waals surface area contributed by atoms with Gasteiger partial charge in [-0.15, -0.1) is 0 Å². The number of hydrogen-bond acceptors (Lipinski definition) is 1. The third-order valence-corrected chi connectivity index (χ3v) is 2.74. The van der Waals surface area contributed by atoms with Gasteiger partial charge in [0.15, 0.2) is 0 Å². The van der Waals surface area contributed by atoms with Gasteiger partial charge < -0.3 is 10.7 Å². The Hall–Kier alpha value is -0.990. The molecule has 0 aliphatic heterocycles. The number of aromatic nitrogens is 1. The van der Waals surface area contributed by atoms with Crippen LogP contribution in [0, 0.1) is 0 Å². The lowest BCUT2D eigenvalue weighted by molar-refractivity contribution is 0.660. The average Bonchev–Trinajstić information content (AvgIpc) is 2.56. The van der Waals surface area contributed by atoms with Crippen LogP contribution in [0.25, 0.3) is 10.9 Å². The first kappa shape index (κ1) is 10.5. The molecule has 0 unspecified atom stereocenters. The summed E-state index contributed by atoms with van der Waals surface area (Å²) in [7, 11) is 0. The van der Waals surface area contributed by atoms with Gasteiger partial charge >= 0.3 is 0 Å². The van der Waals surface area contributed by atoms with Gasteiger partial charge in [-0.05, 0) is 44.0 Å². The van der Waals surface area contributed by atoms with Gasteiger partial charge in [0.1, 0.15) is 0 Å². The topological polar surface area (TPSA) is 41.8 Å². The van der Waals surface area contributed by atoms with Gasteiger partial charge in [-0.3, -0.25) is 0 Å². The van der Waals surface area contributed by atoms with Gasteiger partial charge in [-0.25, -0.2) is 0 Å². The summed E-state index contributed by atoms with van der Waals surface area (Å²) >= 11 is 5.92. The van der Waals surface area contributed by atoms with E-state index in [1.807, 2.05) is 25.1 Å². The van der Waals surface area contributed by atoms with Crippen LogP contribution in [0.5, 0.6) is 0 Å². The molecule has 1 heterocycles. The van der Waals surface area contributed by atoms with Gasteiger partial charge in [-0.2, -0.15) is 0 Å². The molecule has 0 amide bonds. The molecule has 0 saturated heterocycles. The number of benzene rings is 1. The summed E-state index contributed by atoms with van der Waals surface area (Å²) in [6.45, 7) is 2.03. The quantitative estimate of drug-likeness (QED) is 0.824. The second-order valence-corrected chi connectivity index (χ2v) is 4.48. The lowest BCUT2D eigenvalue weighted by Crippen LogP contribution is -2.15. The number of fused-ring (bicyclic) bond motifs is 1. The monoisotopic (exact) mass is 222 g/mol. The molecule has 15 heavy (non-hydrogen) atoms. The van der Waals surface area contributed by atoms with Crippen LogP contribution in [0.1, 0.15) is 19.0 Å². The highest BCUT2D eigenvalue weighted by Crippen LogP contribution is 2.20. The maximum atomic E-state index is 5.92. The SMILES string of the molecule is C[C@@H](N)CCc1cc2cc(Cl)ccc2[nH]1. The molecule has 0 aliphatic carbocycles. The molecule has 0 spiro atoms. The first-order valence-electron chi connectivity index (χ1n) is 5.18. The molecule has 3 N–H and O–H groups in total. The zero-order chi connectivity index (χ0) is 10.8. The van der Waals surface area contributed by atoms with Crippen molar-refractivity contribution in [2.75, 3.05) is 0 Å². The van der Waals surface area contributed by atoms with E-state index in [-0.39, 0.29) is 6.04 Å². The Bertz CT molecular complexity index is 460. The summed E-state index contributed by atoms with van der Waals surface area (Å²) in [6.07, 6.45) is 1.99. The maximum absolute atomic E-state index is 5.92. The molecule has 0 radical (unpaired) electrons. The molecule has 2 aromatic rings. The molecule has 0 bridgehead atoms. The lowest BCUT2D eigenvalue weighted by Gasteiger charge is -2.01.